The average molecular weight is 905 g/mol. The first kappa shape index (κ1) is 61.6. The molecule has 0 bridgehead atoms. The molecule has 372 valence electrons. The average Bonchev–Trinajstić information content (AvgIpc) is 3.30. The Balaban J connectivity index is 4.46. The summed E-state index contributed by atoms with van der Waals surface area (Å²) in [6.45, 7) is 6.46. The minimum Gasteiger partial charge on any atom is -0.462 e. The minimum absolute atomic E-state index is 0.0950. The molecule has 0 aliphatic carbocycles. The van der Waals surface area contributed by atoms with Crippen LogP contribution in [0.1, 0.15) is 252 Å². The molecule has 1 atom stereocenters. The van der Waals surface area contributed by atoms with Gasteiger partial charge in [0.05, 0.1) is 0 Å². The SMILES string of the molecule is CC/C=C\C/C=C\C/C=C\C/C=C\C/C=C\CCCCCC(=O)OCC(COC(=O)CCCCCCC/C=C\CCCCCC)OC(=O)CCCCCCC/C=C\CCCCCCCC. The molecule has 0 heterocycles. The number of carbonyl (C=O) groups is 3. The number of carbonyl (C=O) groups excluding carboxylic acids is 3. The molecule has 65 heavy (non-hydrogen) atoms. The van der Waals surface area contributed by atoms with Crippen LogP contribution < -0.4 is 0 Å². The number of hydrogen-bond donors (Lipinski definition) is 0. The zero-order valence-electron chi connectivity index (χ0n) is 42.5. The summed E-state index contributed by atoms with van der Waals surface area (Å²) in [7, 11) is 0. The van der Waals surface area contributed by atoms with Gasteiger partial charge >= 0.3 is 17.9 Å². The van der Waals surface area contributed by atoms with Crippen LogP contribution in [0.5, 0.6) is 0 Å². The lowest BCUT2D eigenvalue weighted by molar-refractivity contribution is -0.167. The third-order valence-corrected chi connectivity index (χ3v) is 11.4. The molecule has 0 aliphatic rings. The number of hydrogen-bond acceptors (Lipinski definition) is 6. The Morgan fingerprint density at radius 1 is 0.323 bits per heavy atom. The molecule has 0 radical (unpaired) electrons. The normalized spacial score (nSPS) is 12.7. The van der Waals surface area contributed by atoms with Crippen molar-refractivity contribution in [3.63, 3.8) is 0 Å². The van der Waals surface area contributed by atoms with E-state index in [2.05, 4.69) is 106 Å². The van der Waals surface area contributed by atoms with Crippen molar-refractivity contribution in [2.24, 2.45) is 0 Å². The lowest BCUT2D eigenvalue weighted by Crippen LogP contribution is -2.30. The van der Waals surface area contributed by atoms with Crippen LogP contribution in [0.2, 0.25) is 0 Å². The van der Waals surface area contributed by atoms with Gasteiger partial charge in [-0.1, -0.05) is 202 Å². The largest absolute Gasteiger partial charge is 0.462 e. The minimum atomic E-state index is -0.798. The molecule has 0 saturated heterocycles. The molecule has 6 heteroatoms. The highest BCUT2D eigenvalue weighted by atomic mass is 16.6. The summed E-state index contributed by atoms with van der Waals surface area (Å²) in [6.07, 6.45) is 68.5. The highest BCUT2D eigenvalue weighted by molar-refractivity contribution is 5.71. The second-order valence-electron chi connectivity index (χ2n) is 17.7. The Hall–Kier alpha value is -3.41. The second kappa shape index (κ2) is 53.2. The topological polar surface area (TPSA) is 78.9 Å². The molecule has 6 nitrogen and oxygen atoms in total. The van der Waals surface area contributed by atoms with Gasteiger partial charge in [-0.05, 0) is 116 Å². The number of ether oxygens (including phenoxy) is 3. The van der Waals surface area contributed by atoms with Gasteiger partial charge in [-0.2, -0.15) is 0 Å². The van der Waals surface area contributed by atoms with Crippen molar-refractivity contribution in [2.75, 3.05) is 13.2 Å². The summed E-state index contributed by atoms with van der Waals surface area (Å²) >= 11 is 0. The van der Waals surface area contributed by atoms with E-state index in [1.54, 1.807) is 0 Å². The van der Waals surface area contributed by atoms with E-state index in [-0.39, 0.29) is 31.1 Å². The van der Waals surface area contributed by atoms with Crippen LogP contribution in [0.25, 0.3) is 0 Å². The molecule has 0 N–H and O–H groups in total. The van der Waals surface area contributed by atoms with E-state index >= 15 is 0 Å². The van der Waals surface area contributed by atoms with E-state index in [0.717, 1.165) is 116 Å². The molecule has 0 aliphatic heterocycles. The first-order valence-corrected chi connectivity index (χ1v) is 27.1. The Bertz CT molecular complexity index is 1270. The van der Waals surface area contributed by atoms with E-state index in [1.165, 1.54) is 96.3 Å². The van der Waals surface area contributed by atoms with Gasteiger partial charge in [0.2, 0.25) is 0 Å². The number of rotatable bonds is 48. The van der Waals surface area contributed by atoms with Crippen LogP contribution in [-0.4, -0.2) is 37.2 Å². The van der Waals surface area contributed by atoms with E-state index in [9.17, 15) is 14.4 Å². The third kappa shape index (κ3) is 51.4. The Labute approximate surface area is 401 Å². The lowest BCUT2D eigenvalue weighted by atomic mass is 10.1. The van der Waals surface area contributed by atoms with Gasteiger partial charge in [-0.15, -0.1) is 0 Å². The number of allylic oxidation sites excluding steroid dienone is 14. The standard InChI is InChI=1S/C59H100O6/c1-4-7-10-13-16-19-22-25-27-28-29-30-32-34-37-40-43-46-49-52-58(61)64-55-56(54-63-57(60)51-48-45-42-39-36-33-24-21-18-15-12-9-6-3)65-59(62)53-50-47-44-41-38-35-31-26-23-20-17-14-11-8-5-2/h7,10,16,19,21,24-27,29-31,34,37,56H,4-6,8-9,11-15,17-18,20,22-23,28,32-33,35-36,38-55H2,1-3H3/b10-7-,19-16-,24-21-,27-25-,30-29-,31-26-,37-34-. The lowest BCUT2D eigenvalue weighted by Gasteiger charge is -2.18. The fourth-order valence-corrected chi connectivity index (χ4v) is 7.28. The van der Waals surface area contributed by atoms with Crippen LogP contribution in [0.3, 0.4) is 0 Å². The van der Waals surface area contributed by atoms with E-state index in [4.69, 9.17) is 14.2 Å². The molecule has 0 spiro atoms. The summed E-state index contributed by atoms with van der Waals surface area (Å²) in [5.41, 5.74) is 0. The summed E-state index contributed by atoms with van der Waals surface area (Å²) in [5.74, 6) is -0.943. The Morgan fingerprint density at radius 3 is 0.985 bits per heavy atom. The quantitative estimate of drug-likeness (QED) is 0.0262. The fourth-order valence-electron chi connectivity index (χ4n) is 7.28. The maximum absolute atomic E-state index is 12.8. The van der Waals surface area contributed by atoms with Crippen LogP contribution in [0, 0.1) is 0 Å². The molecule has 0 aromatic carbocycles. The van der Waals surface area contributed by atoms with Crippen molar-refractivity contribution in [3.05, 3.63) is 85.1 Å². The highest BCUT2D eigenvalue weighted by Crippen LogP contribution is 2.14. The molecule has 0 saturated carbocycles. The Kier molecular flexibility index (Phi) is 50.4. The van der Waals surface area contributed by atoms with Crippen molar-refractivity contribution in [1.29, 1.82) is 0 Å². The monoisotopic (exact) mass is 905 g/mol. The molecule has 0 aromatic heterocycles. The molecular formula is C59H100O6. The first-order valence-electron chi connectivity index (χ1n) is 27.1. The second-order valence-corrected chi connectivity index (χ2v) is 17.7. The van der Waals surface area contributed by atoms with Crippen molar-refractivity contribution < 1.29 is 28.6 Å². The van der Waals surface area contributed by atoms with Gasteiger partial charge in [-0.3, -0.25) is 14.4 Å². The van der Waals surface area contributed by atoms with Crippen molar-refractivity contribution >= 4 is 17.9 Å². The van der Waals surface area contributed by atoms with E-state index in [1.807, 2.05) is 0 Å². The van der Waals surface area contributed by atoms with Crippen LogP contribution in [-0.2, 0) is 28.6 Å². The van der Waals surface area contributed by atoms with Gasteiger partial charge in [0, 0.05) is 19.3 Å². The predicted molar refractivity (Wildman–Crippen MR) is 279 cm³/mol. The molecular weight excluding hydrogens is 805 g/mol. The molecule has 0 aromatic rings. The van der Waals surface area contributed by atoms with Crippen molar-refractivity contribution in [1.82, 2.24) is 0 Å². The molecule has 0 rings (SSSR count). The maximum atomic E-state index is 12.8. The molecule has 1 unspecified atom stereocenters. The smallest absolute Gasteiger partial charge is 0.306 e. The van der Waals surface area contributed by atoms with Gasteiger partial charge in [0.15, 0.2) is 6.10 Å². The summed E-state index contributed by atoms with van der Waals surface area (Å²) in [4.78, 5) is 38.0. The maximum Gasteiger partial charge on any atom is 0.306 e. The molecule has 0 amide bonds. The summed E-state index contributed by atoms with van der Waals surface area (Å²) in [6, 6.07) is 0. The predicted octanol–water partition coefficient (Wildman–Crippen LogP) is 18.0. The van der Waals surface area contributed by atoms with Gasteiger partial charge in [-0.25, -0.2) is 0 Å². The summed E-state index contributed by atoms with van der Waals surface area (Å²) in [5, 5.41) is 0. The van der Waals surface area contributed by atoms with Gasteiger partial charge < -0.3 is 14.2 Å². The van der Waals surface area contributed by atoms with Crippen LogP contribution in [0.15, 0.2) is 85.1 Å². The van der Waals surface area contributed by atoms with Gasteiger partial charge in [0.25, 0.3) is 0 Å². The van der Waals surface area contributed by atoms with E-state index < -0.39 is 6.10 Å². The van der Waals surface area contributed by atoms with Crippen molar-refractivity contribution in [3.8, 4) is 0 Å². The number of unbranched alkanes of at least 4 members (excludes halogenated alkanes) is 23. The van der Waals surface area contributed by atoms with Gasteiger partial charge in [0.1, 0.15) is 13.2 Å². The Morgan fingerprint density at radius 2 is 0.600 bits per heavy atom. The fraction of sp³-hybridized carbons (Fsp3) is 0.712. The van der Waals surface area contributed by atoms with Crippen LogP contribution in [0.4, 0.5) is 0 Å². The first-order chi connectivity index (χ1) is 32.0. The van der Waals surface area contributed by atoms with Crippen molar-refractivity contribution in [2.45, 2.75) is 258 Å². The zero-order valence-corrected chi connectivity index (χ0v) is 42.5. The van der Waals surface area contributed by atoms with E-state index in [0.29, 0.717) is 19.3 Å². The third-order valence-electron chi connectivity index (χ3n) is 11.4. The van der Waals surface area contributed by atoms with Crippen LogP contribution >= 0.6 is 0 Å². The summed E-state index contributed by atoms with van der Waals surface area (Å²) < 4.78 is 16.8. The molecule has 0 fully saturated rings. The zero-order chi connectivity index (χ0) is 47.2. The number of esters is 3. The highest BCUT2D eigenvalue weighted by Gasteiger charge is 2.19.